The van der Waals surface area contributed by atoms with Crippen molar-refractivity contribution in [1.82, 2.24) is 4.98 Å². The molecule has 0 unspecified atom stereocenters. The highest BCUT2D eigenvalue weighted by atomic mass is 32.1. The minimum absolute atomic E-state index is 0.0482. The van der Waals surface area contributed by atoms with Gasteiger partial charge in [0.05, 0.1) is 18.0 Å². The van der Waals surface area contributed by atoms with Gasteiger partial charge in [0.15, 0.2) is 5.69 Å². The summed E-state index contributed by atoms with van der Waals surface area (Å²) in [5, 5.41) is 5.46. The number of nitrogens with zero attached hydrogens (tertiary/aromatic N) is 1. The van der Waals surface area contributed by atoms with E-state index in [1.165, 1.54) is 11.3 Å². The van der Waals surface area contributed by atoms with Crippen LogP contribution in [0.15, 0.2) is 60.0 Å². The smallest absolute Gasteiger partial charge is 0.357 e. The summed E-state index contributed by atoms with van der Waals surface area (Å²) in [6.45, 7) is 2.11. The number of hydrogen-bond donors (Lipinski definition) is 1. The molecule has 2 aromatic carbocycles. The second-order valence-corrected chi connectivity index (χ2v) is 6.87. The zero-order chi connectivity index (χ0) is 19.1. The Morgan fingerprint density at radius 3 is 2.48 bits per heavy atom. The Morgan fingerprint density at radius 2 is 1.78 bits per heavy atom. The van der Waals surface area contributed by atoms with Crippen LogP contribution < -0.4 is 5.32 Å². The van der Waals surface area contributed by atoms with Crippen LogP contribution in [0.4, 0.5) is 5.69 Å². The fourth-order valence-corrected chi connectivity index (χ4v) is 3.36. The van der Waals surface area contributed by atoms with Crippen LogP contribution in [-0.4, -0.2) is 23.5 Å². The van der Waals surface area contributed by atoms with Crippen LogP contribution in [0.3, 0.4) is 0 Å². The second-order valence-electron chi connectivity index (χ2n) is 5.93. The van der Waals surface area contributed by atoms with E-state index in [0.717, 1.165) is 21.8 Å². The Balaban J connectivity index is 1.56. The van der Waals surface area contributed by atoms with Gasteiger partial charge in [-0.05, 0) is 30.2 Å². The number of aromatic nitrogens is 1. The Labute approximate surface area is 162 Å². The first kappa shape index (κ1) is 18.8. The fourth-order valence-electron chi connectivity index (χ4n) is 2.56. The highest BCUT2D eigenvalue weighted by Gasteiger charge is 2.12. The molecule has 5 nitrogen and oxygen atoms in total. The molecule has 1 aromatic heterocycles. The molecular formula is C21H20N2O3S. The Morgan fingerprint density at radius 1 is 1.04 bits per heavy atom. The molecule has 0 atom stereocenters. The third-order valence-corrected chi connectivity index (χ3v) is 4.69. The van der Waals surface area contributed by atoms with Crippen LogP contribution >= 0.6 is 11.3 Å². The molecule has 1 heterocycles. The van der Waals surface area contributed by atoms with Crippen molar-refractivity contribution in [1.29, 1.82) is 0 Å². The largest absolute Gasteiger partial charge is 0.461 e. The molecule has 0 aliphatic heterocycles. The van der Waals surface area contributed by atoms with E-state index in [0.29, 0.717) is 25.1 Å². The molecule has 6 heteroatoms. The van der Waals surface area contributed by atoms with Crippen LogP contribution in [0.2, 0.25) is 0 Å². The van der Waals surface area contributed by atoms with Crippen LogP contribution in [0.5, 0.6) is 0 Å². The van der Waals surface area contributed by atoms with Gasteiger partial charge in [-0.25, -0.2) is 9.78 Å². The Bertz CT molecular complexity index is 905. The molecule has 3 aromatic rings. The lowest BCUT2D eigenvalue weighted by molar-refractivity contribution is -0.115. The molecule has 0 radical (unpaired) electrons. The van der Waals surface area contributed by atoms with Crippen LogP contribution in [0, 0.1) is 0 Å². The normalized spacial score (nSPS) is 10.4. The van der Waals surface area contributed by atoms with E-state index in [1.807, 2.05) is 54.6 Å². The SMILES string of the molecule is CCOC(=O)c1csc(Cc2ccc(NC(=O)Cc3ccccc3)cc2)n1. The number of benzene rings is 2. The summed E-state index contributed by atoms with van der Waals surface area (Å²) in [6.07, 6.45) is 0.973. The maximum absolute atomic E-state index is 12.1. The Hall–Kier alpha value is -2.99. The molecule has 1 N–H and O–H groups in total. The zero-order valence-electron chi connectivity index (χ0n) is 15.0. The van der Waals surface area contributed by atoms with Gasteiger partial charge in [0.1, 0.15) is 0 Å². The third kappa shape index (κ3) is 5.49. The van der Waals surface area contributed by atoms with E-state index in [4.69, 9.17) is 4.74 Å². The number of carbonyl (C=O) groups is 2. The summed E-state index contributed by atoms with van der Waals surface area (Å²) < 4.78 is 4.95. The predicted molar refractivity (Wildman–Crippen MR) is 106 cm³/mol. The summed E-state index contributed by atoms with van der Waals surface area (Å²) in [4.78, 5) is 28.1. The highest BCUT2D eigenvalue weighted by Crippen LogP contribution is 2.17. The van der Waals surface area contributed by atoms with Crippen molar-refractivity contribution in [3.8, 4) is 0 Å². The van der Waals surface area contributed by atoms with E-state index < -0.39 is 5.97 Å². The maximum Gasteiger partial charge on any atom is 0.357 e. The van der Waals surface area contributed by atoms with Crippen LogP contribution in [-0.2, 0) is 22.4 Å². The molecule has 0 bridgehead atoms. The molecular weight excluding hydrogens is 360 g/mol. The predicted octanol–water partition coefficient (Wildman–Crippen LogP) is 4.09. The number of ether oxygens (including phenoxy) is 1. The number of nitrogens with one attached hydrogen (secondary N) is 1. The van der Waals surface area contributed by atoms with Gasteiger partial charge in [0.2, 0.25) is 5.91 Å². The minimum Gasteiger partial charge on any atom is -0.461 e. The number of amides is 1. The molecule has 0 aliphatic rings. The monoisotopic (exact) mass is 380 g/mol. The van der Waals surface area contributed by atoms with E-state index in [1.54, 1.807) is 12.3 Å². The lowest BCUT2D eigenvalue weighted by Gasteiger charge is -2.06. The van der Waals surface area contributed by atoms with E-state index in [9.17, 15) is 9.59 Å². The van der Waals surface area contributed by atoms with Crippen LogP contribution in [0.1, 0.15) is 33.5 Å². The highest BCUT2D eigenvalue weighted by molar-refractivity contribution is 7.09. The molecule has 0 saturated carbocycles. The molecule has 1 amide bonds. The van der Waals surface area contributed by atoms with Crippen molar-refractivity contribution in [3.05, 3.63) is 81.8 Å². The topological polar surface area (TPSA) is 68.3 Å². The number of thiazole rings is 1. The lowest BCUT2D eigenvalue weighted by atomic mass is 10.1. The Kier molecular flexibility index (Phi) is 6.33. The van der Waals surface area contributed by atoms with Gasteiger partial charge < -0.3 is 10.1 Å². The zero-order valence-corrected chi connectivity index (χ0v) is 15.8. The molecule has 0 spiro atoms. The first-order valence-electron chi connectivity index (χ1n) is 8.68. The van der Waals surface area contributed by atoms with Gasteiger partial charge in [-0.2, -0.15) is 0 Å². The fraction of sp³-hybridized carbons (Fsp3) is 0.190. The molecule has 27 heavy (non-hydrogen) atoms. The lowest BCUT2D eigenvalue weighted by Crippen LogP contribution is -2.14. The van der Waals surface area contributed by atoms with Crippen molar-refractivity contribution >= 4 is 28.9 Å². The molecule has 0 saturated heterocycles. The van der Waals surface area contributed by atoms with Crippen molar-refractivity contribution < 1.29 is 14.3 Å². The van der Waals surface area contributed by atoms with Gasteiger partial charge in [0, 0.05) is 17.5 Å². The maximum atomic E-state index is 12.1. The summed E-state index contributed by atoms with van der Waals surface area (Å²) >= 11 is 1.43. The average Bonchev–Trinajstić information content (AvgIpc) is 3.13. The first-order valence-corrected chi connectivity index (χ1v) is 9.56. The number of esters is 1. The number of anilines is 1. The molecule has 0 aliphatic carbocycles. The molecule has 138 valence electrons. The summed E-state index contributed by atoms with van der Waals surface area (Å²) in [5.41, 5.74) is 3.14. The molecule has 3 rings (SSSR count). The number of rotatable bonds is 7. The van der Waals surface area contributed by atoms with Crippen molar-refractivity contribution in [3.63, 3.8) is 0 Å². The van der Waals surface area contributed by atoms with E-state index in [-0.39, 0.29) is 5.91 Å². The second kappa shape index (κ2) is 9.09. The third-order valence-electron chi connectivity index (χ3n) is 3.84. The minimum atomic E-state index is -0.392. The van der Waals surface area contributed by atoms with Crippen molar-refractivity contribution in [2.75, 3.05) is 11.9 Å². The number of hydrogen-bond acceptors (Lipinski definition) is 5. The quantitative estimate of drug-likeness (QED) is 0.627. The average molecular weight is 380 g/mol. The van der Waals surface area contributed by atoms with E-state index >= 15 is 0 Å². The summed E-state index contributed by atoms with van der Waals surface area (Å²) in [5.74, 6) is -0.440. The van der Waals surface area contributed by atoms with Gasteiger partial charge >= 0.3 is 5.97 Å². The van der Waals surface area contributed by atoms with Gasteiger partial charge in [-0.15, -0.1) is 11.3 Å². The van der Waals surface area contributed by atoms with Crippen molar-refractivity contribution in [2.24, 2.45) is 0 Å². The van der Waals surface area contributed by atoms with Gasteiger partial charge in [-0.3, -0.25) is 4.79 Å². The summed E-state index contributed by atoms with van der Waals surface area (Å²) in [6, 6.07) is 17.3. The van der Waals surface area contributed by atoms with Crippen molar-refractivity contribution in [2.45, 2.75) is 19.8 Å². The first-order chi connectivity index (χ1) is 13.1. The molecule has 0 fully saturated rings. The van der Waals surface area contributed by atoms with E-state index in [2.05, 4.69) is 10.3 Å². The summed E-state index contributed by atoms with van der Waals surface area (Å²) in [7, 11) is 0. The number of carbonyl (C=O) groups excluding carboxylic acids is 2. The standard InChI is InChI=1S/C21H20N2O3S/c1-2-26-21(25)18-14-27-20(23-18)13-16-8-10-17(11-9-16)22-19(24)12-15-6-4-3-5-7-15/h3-11,14H,2,12-13H2,1H3,(H,22,24). The van der Waals surface area contributed by atoms with Gasteiger partial charge in [-0.1, -0.05) is 42.5 Å². The van der Waals surface area contributed by atoms with Gasteiger partial charge in [0.25, 0.3) is 0 Å². The van der Waals surface area contributed by atoms with Crippen LogP contribution in [0.25, 0.3) is 0 Å².